The summed E-state index contributed by atoms with van der Waals surface area (Å²) in [6.07, 6.45) is 5.01. The summed E-state index contributed by atoms with van der Waals surface area (Å²) in [7, 11) is 1.86. The minimum absolute atomic E-state index is 0.0149. The molecule has 0 saturated carbocycles. The van der Waals surface area contributed by atoms with Crippen LogP contribution in [0.2, 0.25) is 10.0 Å². The van der Waals surface area contributed by atoms with Crippen molar-refractivity contribution in [3.05, 3.63) is 85.5 Å². The van der Waals surface area contributed by atoms with Gasteiger partial charge in [-0.1, -0.05) is 29.3 Å². The maximum atomic E-state index is 12.9. The zero-order chi connectivity index (χ0) is 22.4. The van der Waals surface area contributed by atoms with Crippen molar-refractivity contribution in [2.75, 3.05) is 7.05 Å². The molecule has 164 valence electrons. The highest BCUT2D eigenvalue weighted by Gasteiger charge is 2.13. The van der Waals surface area contributed by atoms with Gasteiger partial charge < -0.3 is 15.2 Å². The van der Waals surface area contributed by atoms with Crippen LogP contribution >= 0.6 is 23.2 Å². The highest BCUT2D eigenvalue weighted by molar-refractivity contribution is 6.30. The number of carbonyl (C=O) groups excluding carboxylic acids is 1. The number of aromatic nitrogens is 3. The van der Waals surface area contributed by atoms with Crippen molar-refractivity contribution < 1.29 is 4.79 Å². The Bertz CT molecular complexity index is 1120. The molecule has 7 nitrogen and oxygen atoms in total. The van der Waals surface area contributed by atoms with Crippen molar-refractivity contribution in [3.8, 4) is 0 Å². The molecule has 2 N–H and O–H groups in total. The summed E-state index contributed by atoms with van der Waals surface area (Å²) in [5.41, 5.74) is 3.10. The maximum Gasteiger partial charge on any atom is 0.254 e. The lowest BCUT2D eigenvalue weighted by Gasteiger charge is -2.13. The SMILES string of the molecule is CNCc1ccc(Cl)cc1CNC(=O)Cc1c(C)ccn(CCn2cc(Cl)cn2)c1=O. The zero-order valence-electron chi connectivity index (χ0n) is 17.5. The van der Waals surface area contributed by atoms with Crippen molar-refractivity contribution >= 4 is 29.1 Å². The van der Waals surface area contributed by atoms with Crippen LogP contribution in [0.4, 0.5) is 0 Å². The van der Waals surface area contributed by atoms with Gasteiger partial charge in [-0.05, 0) is 48.9 Å². The number of hydrogen-bond donors (Lipinski definition) is 2. The monoisotopic (exact) mass is 461 g/mol. The van der Waals surface area contributed by atoms with Gasteiger partial charge in [0.1, 0.15) is 0 Å². The normalized spacial score (nSPS) is 11.0. The third-order valence-electron chi connectivity index (χ3n) is 5.02. The van der Waals surface area contributed by atoms with E-state index in [4.69, 9.17) is 23.2 Å². The first-order valence-corrected chi connectivity index (χ1v) is 10.7. The molecule has 1 amide bonds. The lowest BCUT2D eigenvalue weighted by Crippen LogP contribution is -2.31. The molecule has 0 atom stereocenters. The second kappa shape index (κ2) is 10.6. The Morgan fingerprint density at radius 1 is 1.10 bits per heavy atom. The number of benzene rings is 1. The molecule has 0 aliphatic heterocycles. The molecule has 3 rings (SSSR count). The molecule has 0 aliphatic rings. The number of halogens is 2. The summed E-state index contributed by atoms with van der Waals surface area (Å²) < 4.78 is 3.27. The number of rotatable bonds is 9. The Labute approximate surface area is 191 Å². The molecule has 31 heavy (non-hydrogen) atoms. The first-order chi connectivity index (χ1) is 14.9. The molecule has 0 bridgehead atoms. The average molecular weight is 462 g/mol. The molecule has 0 aliphatic carbocycles. The molecule has 3 aromatic rings. The molecule has 2 heterocycles. The van der Waals surface area contributed by atoms with Gasteiger partial charge in [-0.15, -0.1) is 0 Å². The van der Waals surface area contributed by atoms with E-state index >= 15 is 0 Å². The molecule has 0 unspecified atom stereocenters. The third kappa shape index (κ3) is 6.19. The number of amides is 1. The highest BCUT2D eigenvalue weighted by atomic mass is 35.5. The predicted molar refractivity (Wildman–Crippen MR) is 122 cm³/mol. The molecule has 0 radical (unpaired) electrons. The van der Waals surface area contributed by atoms with Crippen molar-refractivity contribution in [1.82, 2.24) is 25.0 Å². The van der Waals surface area contributed by atoms with Crippen LogP contribution in [-0.2, 0) is 37.4 Å². The molecule has 0 fully saturated rings. The summed E-state index contributed by atoms with van der Waals surface area (Å²) in [5.74, 6) is -0.216. The third-order valence-corrected chi connectivity index (χ3v) is 5.45. The summed E-state index contributed by atoms with van der Waals surface area (Å²) in [6, 6.07) is 7.46. The van der Waals surface area contributed by atoms with E-state index in [2.05, 4.69) is 15.7 Å². The fourth-order valence-electron chi connectivity index (χ4n) is 3.31. The van der Waals surface area contributed by atoms with E-state index in [0.717, 1.165) is 16.7 Å². The summed E-state index contributed by atoms with van der Waals surface area (Å²) in [5, 5.41) is 11.3. The van der Waals surface area contributed by atoms with E-state index in [1.54, 1.807) is 27.8 Å². The molecule has 0 saturated heterocycles. The van der Waals surface area contributed by atoms with Crippen molar-refractivity contribution in [1.29, 1.82) is 0 Å². The zero-order valence-corrected chi connectivity index (χ0v) is 19.0. The topological polar surface area (TPSA) is 80.9 Å². The Morgan fingerprint density at radius 2 is 1.90 bits per heavy atom. The smallest absolute Gasteiger partial charge is 0.254 e. The van der Waals surface area contributed by atoms with Crippen LogP contribution in [0.3, 0.4) is 0 Å². The first kappa shape index (κ1) is 23.1. The Balaban J connectivity index is 1.67. The fraction of sp³-hybridized carbons (Fsp3) is 0.318. The summed E-state index contributed by atoms with van der Waals surface area (Å²) in [6.45, 7) is 3.79. The number of hydrogen-bond acceptors (Lipinski definition) is 4. The second-order valence-corrected chi connectivity index (χ2v) is 8.17. The van der Waals surface area contributed by atoms with Gasteiger partial charge in [0.15, 0.2) is 0 Å². The minimum atomic E-state index is -0.216. The number of aryl methyl sites for hydroxylation is 3. The first-order valence-electron chi connectivity index (χ1n) is 9.93. The Morgan fingerprint density at radius 3 is 2.61 bits per heavy atom. The van der Waals surface area contributed by atoms with E-state index < -0.39 is 0 Å². The van der Waals surface area contributed by atoms with Gasteiger partial charge in [0.2, 0.25) is 5.91 Å². The van der Waals surface area contributed by atoms with Crippen LogP contribution in [0.25, 0.3) is 0 Å². The van der Waals surface area contributed by atoms with Gasteiger partial charge >= 0.3 is 0 Å². The van der Waals surface area contributed by atoms with Crippen molar-refractivity contribution in [2.24, 2.45) is 0 Å². The van der Waals surface area contributed by atoms with Crippen molar-refractivity contribution in [2.45, 2.75) is 39.5 Å². The Hall–Kier alpha value is -2.61. The second-order valence-electron chi connectivity index (χ2n) is 7.29. The van der Waals surface area contributed by atoms with Crippen LogP contribution in [-0.4, -0.2) is 27.3 Å². The van der Waals surface area contributed by atoms with E-state index in [9.17, 15) is 9.59 Å². The number of nitrogens with one attached hydrogen (secondary N) is 2. The van der Waals surface area contributed by atoms with Gasteiger partial charge in [0.05, 0.1) is 24.2 Å². The van der Waals surface area contributed by atoms with Crippen molar-refractivity contribution in [3.63, 3.8) is 0 Å². The number of pyridine rings is 1. The average Bonchev–Trinajstić information content (AvgIpc) is 3.16. The standard InChI is InChI=1S/C22H25Cl2N5O2/c1-15-5-6-28(7-8-29-14-19(24)13-27-29)22(31)20(15)10-21(30)26-12-17-9-18(23)4-3-16(17)11-25-2/h3-6,9,13-14,25H,7-8,10-12H2,1-2H3,(H,26,30). The van der Waals surface area contributed by atoms with Crippen LogP contribution in [0.1, 0.15) is 22.3 Å². The van der Waals surface area contributed by atoms with Gasteiger partial charge in [0, 0.05) is 42.6 Å². The van der Waals surface area contributed by atoms with Gasteiger partial charge in [0.25, 0.3) is 5.56 Å². The predicted octanol–water partition coefficient (Wildman–Crippen LogP) is 2.94. The van der Waals surface area contributed by atoms with Crippen LogP contribution in [0.15, 0.2) is 47.7 Å². The lowest BCUT2D eigenvalue weighted by atomic mass is 10.1. The Kier molecular flexibility index (Phi) is 7.90. The van der Waals surface area contributed by atoms with Gasteiger partial charge in [-0.2, -0.15) is 5.10 Å². The summed E-state index contributed by atoms with van der Waals surface area (Å²) >= 11 is 12.0. The van der Waals surface area contributed by atoms with Gasteiger partial charge in [-0.3, -0.25) is 14.3 Å². The quantitative estimate of drug-likeness (QED) is 0.513. The summed E-state index contributed by atoms with van der Waals surface area (Å²) in [4.78, 5) is 25.5. The molecule has 1 aromatic carbocycles. The molecule has 2 aromatic heterocycles. The van der Waals surface area contributed by atoms with E-state index in [1.807, 2.05) is 38.2 Å². The fourth-order valence-corrected chi connectivity index (χ4v) is 3.66. The molecular weight excluding hydrogens is 437 g/mol. The van der Waals surface area contributed by atoms with Crippen LogP contribution < -0.4 is 16.2 Å². The molecule has 0 spiro atoms. The largest absolute Gasteiger partial charge is 0.352 e. The number of carbonyl (C=O) groups is 1. The highest BCUT2D eigenvalue weighted by Crippen LogP contribution is 2.16. The van der Waals surface area contributed by atoms with E-state index in [1.165, 1.54) is 0 Å². The molecule has 9 heteroatoms. The lowest BCUT2D eigenvalue weighted by molar-refractivity contribution is -0.120. The maximum absolute atomic E-state index is 12.9. The minimum Gasteiger partial charge on any atom is -0.352 e. The van der Waals surface area contributed by atoms with Gasteiger partial charge in [-0.25, -0.2) is 0 Å². The van der Waals surface area contributed by atoms with E-state index in [-0.39, 0.29) is 17.9 Å². The van der Waals surface area contributed by atoms with Crippen LogP contribution in [0.5, 0.6) is 0 Å². The number of nitrogens with zero attached hydrogens (tertiary/aromatic N) is 3. The molecular formula is C22H25Cl2N5O2. The van der Waals surface area contributed by atoms with Crippen LogP contribution in [0, 0.1) is 6.92 Å². The van der Waals surface area contributed by atoms with E-state index in [0.29, 0.717) is 41.8 Å².